The summed E-state index contributed by atoms with van der Waals surface area (Å²) in [4.78, 5) is 15.5. The van der Waals surface area contributed by atoms with Crippen molar-refractivity contribution in [3.63, 3.8) is 0 Å². The van der Waals surface area contributed by atoms with E-state index in [2.05, 4.69) is 14.9 Å². The summed E-state index contributed by atoms with van der Waals surface area (Å²) in [6, 6.07) is 4.61. The van der Waals surface area contributed by atoms with Crippen LogP contribution in [0, 0.1) is 0 Å². The van der Waals surface area contributed by atoms with Gasteiger partial charge in [-0.2, -0.15) is 0 Å². The van der Waals surface area contributed by atoms with Gasteiger partial charge in [0.25, 0.3) is 5.91 Å². The standard InChI is InChI=1S/C20H30ClN3O3S/c1-28(26,27)23-18-9-8-16(21)14-17(18)19(25)22-15-20(10-4-2-5-11-20)24-12-6-3-7-13-24/h8-9,14,23H,2-7,10-13,15H2,1H3,(H,22,25). The number of halogens is 1. The molecular weight excluding hydrogens is 398 g/mol. The lowest BCUT2D eigenvalue weighted by Crippen LogP contribution is -2.58. The van der Waals surface area contributed by atoms with Crippen molar-refractivity contribution in [1.82, 2.24) is 10.2 Å². The fraction of sp³-hybridized carbons (Fsp3) is 0.650. The number of likely N-dealkylation sites (tertiary alicyclic amines) is 1. The minimum Gasteiger partial charge on any atom is -0.350 e. The van der Waals surface area contributed by atoms with Crippen LogP contribution in [0.25, 0.3) is 0 Å². The molecular formula is C20H30ClN3O3S. The Bertz CT molecular complexity index is 801. The van der Waals surface area contributed by atoms with Gasteiger partial charge in [-0.3, -0.25) is 14.4 Å². The van der Waals surface area contributed by atoms with Crippen molar-refractivity contribution in [2.24, 2.45) is 0 Å². The van der Waals surface area contributed by atoms with Crippen molar-refractivity contribution in [3.05, 3.63) is 28.8 Å². The minimum absolute atomic E-state index is 0.0112. The summed E-state index contributed by atoms with van der Waals surface area (Å²) in [5.41, 5.74) is 0.514. The molecule has 1 aliphatic carbocycles. The Morgan fingerprint density at radius 1 is 1.11 bits per heavy atom. The van der Waals surface area contributed by atoms with Gasteiger partial charge in [-0.25, -0.2) is 8.42 Å². The summed E-state index contributed by atoms with van der Waals surface area (Å²) in [5, 5.41) is 3.48. The molecule has 1 amide bonds. The van der Waals surface area contributed by atoms with Crippen LogP contribution in [-0.2, 0) is 10.0 Å². The molecule has 2 N–H and O–H groups in total. The van der Waals surface area contributed by atoms with E-state index < -0.39 is 10.0 Å². The Labute approximate surface area is 173 Å². The van der Waals surface area contributed by atoms with E-state index in [-0.39, 0.29) is 22.7 Å². The third-order valence-electron chi connectivity index (χ3n) is 5.91. The molecule has 1 aliphatic heterocycles. The predicted molar refractivity (Wildman–Crippen MR) is 113 cm³/mol. The number of hydrogen-bond donors (Lipinski definition) is 2. The average Bonchev–Trinajstić information content (AvgIpc) is 2.68. The monoisotopic (exact) mass is 427 g/mol. The summed E-state index contributed by atoms with van der Waals surface area (Å²) in [5.74, 6) is -0.296. The number of nitrogens with zero attached hydrogens (tertiary/aromatic N) is 1. The van der Waals surface area contributed by atoms with Crippen LogP contribution in [0.5, 0.6) is 0 Å². The first-order chi connectivity index (χ1) is 13.3. The molecule has 0 unspecified atom stereocenters. The molecule has 2 fully saturated rings. The molecule has 0 atom stereocenters. The quantitative estimate of drug-likeness (QED) is 0.726. The van der Waals surface area contributed by atoms with Crippen LogP contribution in [0.2, 0.25) is 5.02 Å². The lowest BCUT2D eigenvalue weighted by atomic mass is 9.79. The number of nitrogens with one attached hydrogen (secondary N) is 2. The van der Waals surface area contributed by atoms with Crippen molar-refractivity contribution in [1.29, 1.82) is 0 Å². The first-order valence-corrected chi connectivity index (χ1v) is 12.4. The summed E-state index contributed by atoms with van der Waals surface area (Å²) >= 11 is 6.06. The van der Waals surface area contributed by atoms with Crippen LogP contribution >= 0.6 is 11.6 Å². The SMILES string of the molecule is CS(=O)(=O)Nc1ccc(Cl)cc1C(=O)NCC1(N2CCCCC2)CCCCC1. The van der Waals surface area contributed by atoms with Crippen LogP contribution < -0.4 is 10.0 Å². The average molecular weight is 428 g/mol. The molecule has 156 valence electrons. The highest BCUT2D eigenvalue weighted by Crippen LogP contribution is 2.35. The van der Waals surface area contributed by atoms with E-state index in [0.29, 0.717) is 11.6 Å². The van der Waals surface area contributed by atoms with Crippen LogP contribution in [0.4, 0.5) is 5.69 Å². The number of sulfonamides is 1. The van der Waals surface area contributed by atoms with Crippen molar-refractivity contribution in [2.75, 3.05) is 30.6 Å². The van der Waals surface area contributed by atoms with Gasteiger partial charge in [0.15, 0.2) is 0 Å². The van der Waals surface area contributed by atoms with Gasteiger partial charge < -0.3 is 5.32 Å². The smallest absolute Gasteiger partial charge is 0.253 e. The maximum absolute atomic E-state index is 12.9. The first-order valence-electron chi connectivity index (χ1n) is 10.1. The summed E-state index contributed by atoms with van der Waals surface area (Å²) < 4.78 is 25.7. The summed E-state index contributed by atoms with van der Waals surface area (Å²) in [7, 11) is -3.49. The van der Waals surface area contributed by atoms with Gasteiger partial charge in [0, 0.05) is 17.1 Å². The van der Waals surface area contributed by atoms with E-state index in [9.17, 15) is 13.2 Å². The molecule has 1 saturated heterocycles. The lowest BCUT2D eigenvalue weighted by molar-refractivity contribution is 0.0327. The van der Waals surface area contributed by atoms with Gasteiger partial charge in [0.2, 0.25) is 10.0 Å². The van der Waals surface area contributed by atoms with Crippen LogP contribution in [0.15, 0.2) is 18.2 Å². The highest BCUT2D eigenvalue weighted by Gasteiger charge is 2.38. The van der Waals surface area contributed by atoms with Crippen molar-refractivity contribution in [2.45, 2.75) is 56.9 Å². The van der Waals surface area contributed by atoms with Gasteiger partial charge in [-0.15, -0.1) is 0 Å². The zero-order valence-electron chi connectivity index (χ0n) is 16.5. The Balaban J connectivity index is 1.77. The molecule has 0 aromatic heterocycles. The Morgan fingerprint density at radius 2 is 1.75 bits per heavy atom. The van der Waals surface area contributed by atoms with E-state index in [1.807, 2.05) is 0 Å². The maximum atomic E-state index is 12.9. The van der Waals surface area contributed by atoms with Crippen molar-refractivity contribution >= 4 is 33.2 Å². The first kappa shape index (κ1) is 21.4. The molecule has 8 heteroatoms. The minimum atomic E-state index is -3.49. The molecule has 0 radical (unpaired) electrons. The Morgan fingerprint density at radius 3 is 2.39 bits per heavy atom. The number of hydrogen-bond acceptors (Lipinski definition) is 4. The van der Waals surface area contributed by atoms with E-state index in [1.165, 1.54) is 50.7 Å². The van der Waals surface area contributed by atoms with E-state index >= 15 is 0 Å². The maximum Gasteiger partial charge on any atom is 0.253 e. The molecule has 1 saturated carbocycles. The van der Waals surface area contributed by atoms with Gasteiger partial charge in [0.05, 0.1) is 17.5 Å². The molecule has 1 aromatic carbocycles. The van der Waals surface area contributed by atoms with Gasteiger partial charge in [0.1, 0.15) is 0 Å². The lowest BCUT2D eigenvalue weighted by Gasteiger charge is -2.48. The van der Waals surface area contributed by atoms with Crippen LogP contribution in [0.1, 0.15) is 61.7 Å². The van der Waals surface area contributed by atoms with E-state index in [1.54, 1.807) is 6.07 Å². The topological polar surface area (TPSA) is 78.5 Å². The number of anilines is 1. The highest BCUT2D eigenvalue weighted by molar-refractivity contribution is 7.92. The number of piperidine rings is 1. The predicted octanol–water partition coefficient (Wildman–Crippen LogP) is 3.63. The molecule has 6 nitrogen and oxygen atoms in total. The van der Waals surface area contributed by atoms with E-state index in [4.69, 9.17) is 11.6 Å². The van der Waals surface area contributed by atoms with Crippen molar-refractivity contribution < 1.29 is 13.2 Å². The molecule has 3 rings (SSSR count). The number of carbonyl (C=O) groups excluding carboxylic acids is 1. The second-order valence-corrected chi connectivity index (χ2v) is 10.3. The summed E-state index contributed by atoms with van der Waals surface area (Å²) in [6.07, 6.45) is 10.6. The third-order valence-corrected chi connectivity index (χ3v) is 6.74. The van der Waals surface area contributed by atoms with Gasteiger partial charge in [-0.05, 0) is 57.0 Å². The largest absolute Gasteiger partial charge is 0.350 e. The second kappa shape index (κ2) is 9.01. The Hall–Kier alpha value is -1.31. The molecule has 1 heterocycles. The van der Waals surface area contributed by atoms with Crippen LogP contribution in [-0.4, -0.2) is 50.7 Å². The van der Waals surface area contributed by atoms with Crippen LogP contribution in [0.3, 0.4) is 0 Å². The van der Waals surface area contributed by atoms with Crippen molar-refractivity contribution in [3.8, 4) is 0 Å². The molecule has 1 aromatic rings. The highest BCUT2D eigenvalue weighted by atomic mass is 35.5. The zero-order valence-corrected chi connectivity index (χ0v) is 18.0. The third kappa shape index (κ3) is 5.39. The molecule has 0 spiro atoms. The van der Waals surface area contributed by atoms with Gasteiger partial charge in [-0.1, -0.05) is 37.3 Å². The fourth-order valence-corrected chi connectivity index (χ4v) is 5.27. The second-order valence-electron chi connectivity index (χ2n) is 8.08. The normalized spacial score (nSPS) is 20.5. The van der Waals surface area contributed by atoms with Gasteiger partial charge >= 0.3 is 0 Å². The molecule has 2 aliphatic rings. The van der Waals surface area contributed by atoms with E-state index in [0.717, 1.165) is 32.2 Å². The molecule has 28 heavy (non-hydrogen) atoms. The number of carbonyl (C=O) groups is 1. The fourth-order valence-electron chi connectivity index (χ4n) is 4.52. The number of rotatable bonds is 6. The number of benzene rings is 1. The summed E-state index contributed by atoms with van der Waals surface area (Å²) in [6.45, 7) is 2.76. The molecule has 0 bridgehead atoms. The Kier molecular flexibility index (Phi) is 6.89. The number of amides is 1. The zero-order chi connectivity index (χ0) is 20.2.